The summed E-state index contributed by atoms with van der Waals surface area (Å²) in [5, 5.41) is 14.5. The highest BCUT2D eigenvalue weighted by Crippen LogP contribution is 2.18. The van der Waals surface area contributed by atoms with Crippen molar-refractivity contribution in [2.45, 2.75) is 26.2 Å². The third-order valence-electron chi connectivity index (χ3n) is 2.34. The first-order valence-corrected chi connectivity index (χ1v) is 5.37. The van der Waals surface area contributed by atoms with Crippen molar-refractivity contribution in [2.75, 3.05) is 6.61 Å². The molecule has 0 N–H and O–H groups in total. The third kappa shape index (κ3) is 3.54. The summed E-state index contributed by atoms with van der Waals surface area (Å²) in [5.74, 6) is -0.280. The van der Waals surface area contributed by atoms with E-state index in [9.17, 15) is 14.9 Å². The number of nitro groups is 1. The van der Waals surface area contributed by atoms with E-state index in [-0.39, 0.29) is 18.1 Å². The first kappa shape index (κ1) is 13.1. The fourth-order valence-electron chi connectivity index (χ4n) is 1.53. The van der Waals surface area contributed by atoms with Crippen LogP contribution < -0.4 is 0 Å². The molecule has 0 atom stereocenters. The molecular weight excluding hydrogens is 226 g/mol. The standard InChI is InChI=1S/C10H15N3O4/c1-3-17-10(14)6-4-5-8-9(13(15)16)7-11-12(8)2/h7H,3-6H2,1-2H3. The van der Waals surface area contributed by atoms with Gasteiger partial charge in [0.05, 0.1) is 11.5 Å². The van der Waals surface area contributed by atoms with Gasteiger partial charge >= 0.3 is 11.7 Å². The number of aromatic nitrogens is 2. The van der Waals surface area contributed by atoms with E-state index in [0.717, 1.165) is 0 Å². The highest BCUT2D eigenvalue weighted by Gasteiger charge is 2.18. The van der Waals surface area contributed by atoms with Crippen LogP contribution in [0.3, 0.4) is 0 Å². The Balaban J connectivity index is 2.54. The van der Waals surface area contributed by atoms with Crippen molar-refractivity contribution in [3.8, 4) is 0 Å². The molecule has 7 heteroatoms. The van der Waals surface area contributed by atoms with Gasteiger partial charge in [-0.25, -0.2) is 0 Å². The molecule has 7 nitrogen and oxygen atoms in total. The van der Waals surface area contributed by atoms with Gasteiger partial charge in [-0.05, 0) is 19.8 Å². The van der Waals surface area contributed by atoms with Gasteiger partial charge in [-0.3, -0.25) is 19.6 Å². The van der Waals surface area contributed by atoms with E-state index < -0.39 is 4.92 Å². The van der Waals surface area contributed by atoms with Gasteiger partial charge in [0, 0.05) is 13.5 Å². The Morgan fingerprint density at radius 1 is 1.65 bits per heavy atom. The molecule has 0 saturated heterocycles. The van der Waals surface area contributed by atoms with Crippen LogP contribution >= 0.6 is 0 Å². The van der Waals surface area contributed by atoms with Crippen LogP contribution in [0.2, 0.25) is 0 Å². The van der Waals surface area contributed by atoms with Gasteiger partial charge in [-0.15, -0.1) is 0 Å². The van der Waals surface area contributed by atoms with Crippen LogP contribution in [-0.2, 0) is 23.0 Å². The monoisotopic (exact) mass is 241 g/mol. The molecule has 1 rings (SSSR count). The van der Waals surface area contributed by atoms with Crippen molar-refractivity contribution >= 4 is 11.7 Å². The Hall–Kier alpha value is -1.92. The highest BCUT2D eigenvalue weighted by atomic mass is 16.6. The molecule has 1 aromatic heterocycles. The second-order valence-corrected chi connectivity index (χ2v) is 3.52. The van der Waals surface area contributed by atoms with Crippen LogP contribution in [0.5, 0.6) is 0 Å². The van der Waals surface area contributed by atoms with E-state index >= 15 is 0 Å². The van der Waals surface area contributed by atoms with Gasteiger partial charge in [0.1, 0.15) is 11.9 Å². The maximum Gasteiger partial charge on any atom is 0.310 e. The first-order chi connectivity index (χ1) is 8.06. The fraction of sp³-hybridized carbons (Fsp3) is 0.600. The lowest BCUT2D eigenvalue weighted by Crippen LogP contribution is -2.06. The highest BCUT2D eigenvalue weighted by molar-refractivity contribution is 5.69. The Morgan fingerprint density at radius 3 is 2.94 bits per heavy atom. The van der Waals surface area contributed by atoms with Crippen molar-refractivity contribution in [3.05, 3.63) is 22.0 Å². The number of carbonyl (C=O) groups excluding carboxylic acids is 1. The molecule has 0 saturated carbocycles. The van der Waals surface area contributed by atoms with Gasteiger partial charge in [0.2, 0.25) is 0 Å². The van der Waals surface area contributed by atoms with E-state index in [0.29, 0.717) is 25.1 Å². The van der Waals surface area contributed by atoms with Gasteiger partial charge in [0.25, 0.3) is 0 Å². The summed E-state index contributed by atoms with van der Waals surface area (Å²) in [6, 6.07) is 0. The summed E-state index contributed by atoms with van der Waals surface area (Å²) < 4.78 is 6.24. The van der Waals surface area contributed by atoms with Crippen LogP contribution in [0, 0.1) is 10.1 Å². The number of carbonyl (C=O) groups is 1. The van der Waals surface area contributed by atoms with Crippen LogP contribution in [0.15, 0.2) is 6.20 Å². The molecule has 0 aromatic carbocycles. The largest absolute Gasteiger partial charge is 0.466 e. The van der Waals surface area contributed by atoms with Crippen LogP contribution in [0.1, 0.15) is 25.5 Å². The van der Waals surface area contributed by atoms with E-state index in [1.165, 1.54) is 10.9 Å². The van der Waals surface area contributed by atoms with Crippen LogP contribution in [-0.4, -0.2) is 27.3 Å². The van der Waals surface area contributed by atoms with Gasteiger partial charge in [-0.1, -0.05) is 0 Å². The van der Waals surface area contributed by atoms with Gasteiger partial charge in [-0.2, -0.15) is 5.10 Å². The topological polar surface area (TPSA) is 87.3 Å². The average molecular weight is 241 g/mol. The Kier molecular flexibility index (Phi) is 4.62. The van der Waals surface area contributed by atoms with Crippen molar-refractivity contribution < 1.29 is 14.5 Å². The van der Waals surface area contributed by atoms with E-state index in [1.54, 1.807) is 14.0 Å². The molecular formula is C10H15N3O4. The number of hydrogen-bond donors (Lipinski definition) is 0. The summed E-state index contributed by atoms with van der Waals surface area (Å²) in [4.78, 5) is 21.3. The summed E-state index contributed by atoms with van der Waals surface area (Å²) in [6.07, 6.45) is 2.43. The molecule has 0 spiro atoms. The second-order valence-electron chi connectivity index (χ2n) is 3.52. The fourth-order valence-corrected chi connectivity index (χ4v) is 1.53. The molecule has 0 bridgehead atoms. The predicted octanol–water partition coefficient (Wildman–Crippen LogP) is 1.21. The quantitative estimate of drug-likeness (QED) is 0.424. The molecule has 0 aliphatic carbocycles. The molecule has 0 unspecified atom stereocenters. The number of aryl methyl sites for hydroxylation is 1. The molecule has 1 heterocycles. The molecule has 94 valence electrons. The summed E-state index contributed by atoms with van der Waals surface area (Å²) in [7, 11) is 1.65. The van der Waals surface area contributed by atoms with Crippen molar-refractivity contribution in [1.82, 2.24) is 9.78 Å². The minimum atomic E-state index is -0.466. The van der Waals surface area contributed by atoms with E-state index in [4.69, 9.17) is 4.74 Å². The number of esters is 1. The minimum Gasteiger partial charge on any atom is -0.466 e. The van der Waals surface area contributed by atoms with Gasteiger partial charge < -0.3 is 4.74 Å². The van der Waals surface area contributed by atoms with Gasteiger partial charge in [0.15, 0.2) is 0 Å². The zero-order valence-corrected chi connectivity index (χ0v) is 9.88. The van der Waals surface area contributed by atoms with E-state index in [1.807, 2.05) is 0 Å². The number of nitrogens with zero attached hydrogens (tertiary/aromatic N) is 3. The smallest absolute Gasteiger partial charge is 0.310 e. The first-order valence-electron chi connectivity index (χ1n) is 5.37. The summed E-state index contributed by atoms with van der Waals surface area (Å²) in [6.45, 7) is 2.09. The molecule has 0 fully saturated rings. The Bertz CT molecular complexity index is 414. The van der Waals surface area contributed by atoms with Crippen LogP contribution in [0.4, 0.5) is 5.69 Å². The summed E-state index contributed by atoms with van der Waals surface area (Å²) in [5.41, 5.74) is 0.524. The average Bonchev–Trinajstić information content (AvgIpc) is 2.61. The number of ether oxygens (including phenoxy) is 1. The summed E-state index contributed by atoms with van der Waals surface area (Å²) >= 11 is 0. The lowest BCUT2D eigenvalue weighted by atomic mass is 10.2. The Labute approximate surface area is 98.5 Å². The molecule has 0 aliphatic rings. The number of rotatable bonds is 6. The molecule has 17 heavy (non-hydrogen) atoms. The molecule has 1 aromatic rings. The number of hydrogen-bond acceptors (Lipinski definition) is 5. The van der Waals surface area contributed by atoms with Crippen molar-refractivity contribution in [1.29, 1.82) is 0 Å². The van der Waals surface area contributed by atoms with E-state index in [2.05, 4.69) is 5.10 Å². The SMILES string of the molecule is CCOC(=O)CCCc1c([N+](=O)[O-])cnn1C. The molecule has 0 aliphatic heterocycles. The lowest BCUT2D eigenvalue weighted by Gasteiger charge is -2.02. The van der Waals surface area contributed by atoms with Crippen LogP contribution in [0.25, 0.3) is 0 Å². The zero-order chi connectivity index (χ0) is 12.8. The van der Waals surface area contributed by atoms with Crippen molar-refractivity contribution in [2.24, 2.45) is 7.05 Å². The maximum absolute atomic E-state index is 11.1. The lowest BCUT2D eigenvalue weighted by molar-refractivity contribution is -0.385. The normalized spacial score (nSPS) is 10.2. The second kappa shape index (κ2) is 5.97. The molecule has 0 radical (unpaired) electrons. The third-order valence-corrected chi connectivity index (χ3v) is 2.34. The Morgan fingerprint density at radius 2 is 2.35 bits per heavy atom. The minimum absolute atomic E-state index is 0.00337. The van der Waals surface area contributed by atoms with Crippen molar-refractivity contribution in [3.63, 3.8) is 0 Å². The zero-order valence-electron chi connectivity index (χ0n) is 9.88. The maximum atomic E-state index is 11.1. The molecule has 0 amide bonds. The predicted molar refractivity (Wildman–Crippen MR) is 59.4 cm³/mol.